The van der Waals surface area contributed by atoms with Crippen LogP contribution < -0.4 is 4.74 Å². The molecule has 4 aromatic rings. The summed E-state index contributed by atoms with van der Waals surface area (Å²) < 4.78 is 31.9. The zero-order valence-corrected chi connectivity index (χ0v) is 19.5. The average molecular weight is 473 g/mol. The second kappa shape index (κ2) is 10.0. The summed E-state index contributed by atoms with van der Waals surface area (Å²) in [4.78, 5) is 13.2. The molecule has 1 aromatic heterocycles. The quantitative estimate of drug-likeness (QED) is 0.306. The molecular weight excluding hydrogens is 447 g/mol. The third-order valence-electron chi connectivity index (χ3n) is 5.87. The average Bonchev–Trinajstić information content (AvgIpc) is 3.33. The van der Waals surface area contributed by atoms with Gasteiger partial charge in [0, 0.05) is 36.1 Å². The number of carboxylic acid groups (broad SMARTS) is 1. The number of rotatable bonds is 8. The van der Waals surface area contributed by atoms with Crippen molar-refractivity contribution < 1.29 is 28.2 Å². The number of carbonyl (C=O) groups is 1. The Morgan fingerprint density at radius 2 is 1.77 bits per heavy atom. The highest BCUT2D eigenvalue weighted by Gasteiger charge is 2.62. The molecule has 0 amide bonds. The van der Waals surface area contributed by atoms with Gasteiger partial charge >= 0.3 is 5.97 Å². The Morgan fingerprint density at radius 3 is 2.43 bits per heavy atom. The molecule has 0 spiro atoms. The topological polar surface area (TPSA) is 68.9 Å². The first kappa shape index (κ1) is 24.1. The van der Waals surface area contributed by atoms with Gasteiger partial charge in [0.1, 0.15) is 17.1 Å². The maximum absolute atomic E-state index is 14.0. The molecule has 0 aliphatic rings. The van der Waals surface area contributed by atoms with Crippen LogP contribution in [-0.2, 0) is 20.7 Å². The van der Waals surface area contributed by atoms with E-state index in [-0.39, 0.29) is 0 Å². The number of aliphatic carboxylic acids is 1. The fourth-order valence-electron chi connectivity index (χ4n) is 4.19. The van der Waals surface area contributed by atoms with Crippen LogP contribution in [0.5, 0.6) is 5.75 Å². The lowest BCUT2D eigenvalue weighted by Gasteiger charge is -2.43. The Hall–Kier alpha value is -4.08. The van der Waals surface area contributed by atoms with E-state index in [9.17, 15) is 14.3 Å². The molecule has 0 radical (unpaired) electrons. The monoisotopic (exact) mass is 472 g/mol. The molecule has 1 N–H and O–H groups in total. The van der Waals surface area contributed by atoms with Crippen molar-refractivity contribution >= 4 is 16.9 Å². The van der Waals surface area contributed by atoms with Gasteiger partial charge in [-0.2, -0.15) is 0 Å². The summed E-state index contributed by atoms with van der Waals surface area (Å²) in [5.41, 5.74) is -2.78. The Balaban J connectivity index is 2.07. The molecule has 5 nitrogen and oxygen atoms in total. The minimum absolute atomic E-state index is 0.321. The highest BCUT2D eigenvalue weighted by molar-refractivity contribution is 5.84. The van der Waals surface area contributed by atoms with E-state index in [1.165, 1.54) is 31.4 Å². The van der Waals surface area contributed by atoms with E-state index >= 15 is 0 Å². The minimum Gasteiger partial charge on any atom is -0.479 e. The number of benzene rings is 3. The number of methoxy groups -OCH3 is 1. The first-order valence-corrected chi connectivity index (χ1v) is 11.2. The van der Waals surface area contributed by atoms with Gasteiger partial charge in [-0.15, -0.1) is 0 Å². The van der Waals surface area contributed by atoms with Crippen LogP contribution in [0, 0.1) is 17.7 Å². The molecule has 0 aliphatic carbocycles. The van der Waals surface area contributed by atoms with Crippen LogP contribution in [0.3, 0.4) is 0 Å². The van der Waals surface area contributed by atoms with Crippen LogP contribution in [0.4, 0.5) is 4.39 Å². The molecular formula is C29H25FO5. The Kier molecular flexibility index (Phi) is 6.90. The van der Waals surface area contributed by atoms with Gasteiger partial charge in [0.25, 0.3) is 0 Å². The molecule has 0 aliphatic heterocycles. The number of carboxylic acids is 1. The smallest absolute Gasteiger partial charge is 0.346 e. The Bertz CT molecular complexity index is 1370. The summed E-state index contributed by atoms with van der Waals surface area (Å²) in [5, 5.41) is 11.6. The summed E-state index contributed by atoms with van der Waals surface area (Å²) in [6, 6.07) is 21.0. The summed E-state index contributed by atoms with van der Waals surface area (Å²) in [5.74, 6) is 4.71. The fourth-order valence-corrected chi connectivity index (χ4v) is 4.19. The highest BCUT2D eigenvalue weighted by atomic mass is 19.1. The minimum atomic E-state index is -2.11. The normalized spacial score (nSPS) is 14.4. The van der Waals surface area contributed by atoms with E-state index < -0.39 is 23.0 Å². The van der Waals surface area contributed by atoms with Crippen molar-refractivity contribution in [1.82, 2.24) is 0 Å². The van der Waals surface area contributed by atoms with Crippen LogP contribution in [0.1, 0.15) is 30.9 Å². The molecule has 2 unspecified atom stereocenters. The van der Waals surface area contributed by atoms with Gasteiger partial charge in [0.2, 0.25) is 11.2 Å². The molecule has 3 aromatic carbocycles. The lowest BCUT2D eigenvalue weighted by molar-refractivity contribution is -0.190. The second-order valence-corrected chi connectivity index (χ2v) is 8.02. The number of hydrogen-bond acceptors (Lipinski definition) is 4. The van der Waals surface area contributed by atoms with Crippen molar-refractivity contribution in [2.75, 3.05) is 7.11 Å². The first-order chi connectivity index (χ1) is 17.0. The van der Waals surface area contributed by atoms with Gasteiger partial charge in [0.15, 0.2) is 0 Å². The molecule has 35 heavy (non-hydrogen) atoms. The predicted molar refractivity (Wildman–Crippen MR) is 130 cm³/mol. The fraction of sp³-hybridized carbons (Fsp3) is 0.207. The van der Waals surface area contributed by atoms with Crippen molar-refractivity contribution in [2.45, 2.75) is 31.0 Å². The zero-order chi connectivity index (χ0) is 24.9. The highest BCUT2D eigenvalue weighted by Crippen LogP contribution is 2.47. The lowest BCUT2D eigenvalue weighted by atomic mass is 9.72. The summed E-state index contributed by atoms with van der Waals surface area (Å²) in [6.45, 7) is 1.97. The maximum atomic E-state index is 14.0. The zero-order valence-electron chi connectivity index (χ0n) is 19.5. The van der Waals surface area contributed by atoms with Crippen molar-refractivity contribution in [1.29, 1.82) is 0 Å². The standard InChI is InChI=1S/C29H25FO5/c1-3-4-8-18-28(22-12-14-24(30)15-13-22,35-25-16-11-21-17-19-34-26(21)20-25)29(33-2,27(31)32)23-9-6-5-7-10-23/h5-7,9-17,19-20H,3-4H2,1-2H3,(H,31,32). The molecule has 0 saturated carbocycles. The number of unbranched alkanes of at least 4 members (excludes halogenated alkanes) is 1. The van der Waals surface area contributed by atoms with Crippen molar-refractivity contribution in [3.05, 3.63) is 102 Å². The number of halogens is 1. The van der Waals surface area contributed by atoms with Crippen molar-refractivity contribution in [3.8, 4) is 17.6 Å². The van der Waals surface area contributed by atoms with E-state index in [1.54, 1.807) is 54.8 Å². The van der Waals surface area contributed by atoms with E-state index in [2.05, 4.69) is 11.8 Å². The molecule has 6 heteroatoms. The third kappa shape index (κ3) is 4.27. The van der Waals surface area contributed by atoms with Crippen LogP contribution in [0.25, 0.3) is 11.0 Å². The second-order valence-electron chi connectivity index (χ2n) is 8.02. The Morgan fingerprint density at radius 1 is 1.03 bits per heavy atom. The molecule has 0 saturated heterocycles. The molecule has 0 bridgehead atoms. The summed E-state index contributed by atoms with van der Waals surface area (Å²) in [7, 11) is 1.31. The molecule has 2 atom stereocenters. The van der Waals surface area contributed by atoms with Gasteiger partial charge in [-0.05, 0) is 42.7 Å². The largest absolute Gasteiger partial charge is 0.479 e. The molecule has 4 rings (SSSR count). The van der Waals surface area contributed by atoms with Gasteiger partial charge in [-0.3, -0.25) is 0 Å². The molecule has 1 heterocycles. The van der Waals surface area contributed by atoms with Crippen LogP contribution in [-0.4, -0.2) is 18.2 Å². The third-order valence-corrected chi connectivity index (χ3v) is 5.87. The van der Waals surface area contributed by atoms with Gasteiger partial charge in [-0.1, -0.05) is 55.3 Å². The van der Waals surface area contributed by atoms with Gasteiger partial charge < -0.3 is 19.0 Å². The van der Waals surface area contributed by atoms with Crippen molar-refractivity contribution in [3.63, 3.8) is 0 Å². The van der Waals surface area contributed by atoms with E-state index in [1.807, 2.05) is 13.0 Å². The number of ether oxygens (including phenoxy) is 2. The van der Waals surface area contributed by atoms with Gasteiger partial charge in [0.05, 0.1) is 6.26 Å². The van der Waals surface area contributed by atoms with Crippen LogP contribution in [0.2, 0.25) is 0 Å². The number of fused-ring (bicyclic) bond motifs is 1. The maximum Gasteiger partial charge on any atom is 0.346 e. The van der Waals surface area contributed by atoms with Gasteiger partial charge in [-0.25, -0.2) is 9.18 Å². The predicted octanol–water partition coefficient (Wildman–Crippen LogP) is 6.28. The SMILES string of the molecule is CCCC#CC(Oc1ccc2ccoc2c1)(c1ccc(F)cc1)C(OC)(C(=O)O)c1ccccc1. The first-order valence-electron chi connectivity index (χ1n) is 11.2. The van der Waals surface area contributed by atoms with Crippen molar-refractivity contribution in [2.24, 2.45) is 0 Å². The van der Waals surface area contributed by atoms with E-state index in [0.717, 1.165) is 11.8 Å². The molecule has 0 fully saturated rings. The summed E-state index contributed by atoms with van der Waals surface area (Å²) in [6.07, 6.45) is 2.81. The van der Waals surface area contributed by atoms with Crippen LogP contribution >= 0.6 is 0 Å². The Labute approximate surface area is 203 Å². The number of hydrogen-bond donors (Lipinski definition) is 1. The number of furan rings is 1. The summed E-state index contributed by atoms with van der Waals surface area (Å²) >= 11 is 0. The lowest BCUT2D eigenvalue weighted by Crippen LogP contribution is -2.58. The van der Waals surface area contributed by atoms with Crippen LogP contribution in [0.15, 0.2) is 89.5 Å². The van der Waals surface area contributed by atoms with E-state index in [4.69, 9.17) is 13.9 Å². The van der Waals surface area contributed by atoms with E-state index in [0.29, 0.717) is 28.9 Å². The molecule has 178 valence electrons.